The fraction of sp³-hybridized carbons (Fsp3) is 0. The van der Waals surface area contributed by atoms with Gasteiger partial charge in [-0.15, -0.1) is 0 Å². The largest absolute Gasteiger partial charge is 0.491 e. The van der Waals surface area contributed by atoms with Crippen LogP contribution < -0.4 is 5.46 Å². The fourth-order valence-corrected chi connectivity index (χ4v) is 1.80. The standard InChI is InChI=1S/C9H6BCl2NO2/c11-7-2-1-3-8-5(7)4-6(10(14)15)9(12)13-8/h1-4,14-15H. The molecule has 0 aliphatic heterocycles. The molecule has 1 heterocycles. The summed E-state index contributed by atoms with van der Waals surface area (Å²) in [5.74, 6) is 0. The van der Waals surface area contributed by atoms with Crippen molar-refractivity contribution in [3.63, 3.8) is 0 Å². The van der Waals surface area contributed by atoms with E-state index in [4.69, 9.17) is 33.2 Å². The van der Waals surface area contributed by atoms with Crippen LogP contribution in [0.1, 0.15) is 0 Å². The molecule has 0 aliphatic carbocycles. The molecule has 0 saturated carbocycles. The Morgan fingerprint density at radius 2 is 1.93 bits per heavy atom. The molecule has 0 aliphatic rings. The van der Waals surface area contributed by atoms with E-state index in [1.807, 2.05) is 0 Å². The van der Waals surface area contributed by atoms with Crippen LogP contribution in [-0.4, -0.2) is 22.2 Å². The highest BCUT2D eigenvalue weighted by molar-refractivity contribution is 6.62. The maximum atomic E-state index is 9.04. The van der Waals surface area contributed by atoms with Gasteiger partial charge in [-0.2, -0.15) is 0 Å². The highest BCUT2D eigenvalue weighted by Gasteiger charge is 2.17. The smallest absolute Gasteiger partial charge is 0.423 e. The molecule has 2 aromatic rings. The number of benzene rings is 1. The van der Waals surface area contributed by atoms with Crippen molar-refractivity contribution in [3.8, 4) is 0 Å². The molecule has 76 valence electrons. The summed E-state index contributed by atoms with van der Waals surface area (Å²) < 4.78 is 0. The first-order valence-electron chi connectivity index (χ1n) is 4.20. The average molecular weight is 242 g/mol. The second kappa shape index (κ2) is 3.98. The molecule has 2 N–H and O–H groups in total. The van der Waals surface area contributed by atoms with Crippen molar-refractivity contribution < 1.29 is 10.0 Å². The summed E-state index contributed by atoms with van der Waals surface area (Å²) in [5.41, 5.74) is 0.772. The number of nitrogens with zero attached hydrogens (tertiary/aromatic N) is 1. The van der Waals surface area contributed by atoms with Crippen LogP contribution in [0, 0.1) is 0 Å². The van der Waals surface area contributed by atoms with Crippen molar-refractivity contribution in [1.29, 1.82) is 0 Å². The van der Waals surface area contributed by atoms with Crippen molar-refractivity contribution in [1.82, 2.24) is 4.98 Å². The third kappa shape index (κ3) is 1.94. The summed E-state index contributed by atoms with van der Waals surface area (Å²) in [4.78, 5) is 4.02. The van der Waals surface area contributed by atoms with Crippen LogP contribution in [0.15, 0.2) is 24.3 Å². The molecule has 3 nitrogen and oxygen atoms in total. The molecule has 0 saturated heterocycles. The van der Waals surface area contributed by atoms with E-state index in [-0.39, 0.29) is 10.6 Å². The monoisotopic (exact) mass is 241 g/mol. The minimum absolute atomic E-state index is 0.0692. The van der Waals surface area contributed by atoms with E-state index in [0.29, 0.717) is 15.9 Å². The van der Waals surface area contributed by atoms with Gasteiger partial charge in [0.05, 0.1) is 5.52 Å². The Balaban J connectivity index is 2.78. The van der Waals surface area contributed by atoms with Gasteiger partial charge in [0.2, 0.25) is 0 Å². The molecular formula is C9H6BCl2NO2. The van der Waals surface area contributed by atoms with Crippen LogP contribution in [0.25, 0.3) is 10.9 Å². The lowest BCUT2D eigenvalue weighted by molar-refractivity contribution is 0.425. The number of rotatable bonds is 1. The van der Waals surface area contributed by atoms with Crippen LogP contribution in [0.4, 0.5) is 0 Å². The number of hydrogen-bond acceptors (Lipinski definition) is 3. The van der Waals surface area contributed by atoms with Crippen molar-refractivity contribution in [2.75, 3.05) is 0 Å². The SMILES string of the molecule is OB(O)c1cc2c(Cl)cccc2nc1Cl. The van der Waals surface area contributed by atoms with Gasteiger partial charge >= 0.3 is 7.12 Å². The lowest BCUT2D eigenvalue weighted by Gasteiger charge is -2.05. The molecule has 1 aromatic carbocycles. The Hall–Kier alpha value is -0.805. The predicted molar refractivity (Wildman–Crippen MR) is 61.6 cm³/mol. The van der Waals surface area contributed by atoms with Gasteiger partial charge in [0.25, 0.3) is 0 Å². The van der Waals surface area contributed by atoms with Crippen molar-refractivity contribution >= 4 is 46.7 Å². The minimum atomic E-state index is -1.65. The maximum Gasteiger partial charge on any atom is 0.491 e. The molecule has 0 amide bonds. The summed E-state index contributed by atoms with van der Waals surface area (Å²) >= 11 is 11.7. The zero-order valence-corrected chi connectivity index (χ0v) is 9.00. The zero-order valence-electron chi connectivity index (χ0n) is 7.48. The number of halogens is 2. The molecule has 15 heavy (non-hydrogen) atoms. The Bertz CT molecular complexity index is 519. The lowest BCUT2D eigenvalue weighted by Crippen LogP contribution is -2.31. The van der Waals surface area contributed by atoms with E-state index in [9.17, 15) is 0 Å². The molecular weight excluding hydrogens is 236 g/mol. The Kier molecular flexibility index (Phi) is 2.84. The van der Waals surface area contributed by atoms with Gasteiger partial charge in [-0.25, -0.2) is 4.98 Å². The molecule has 0 bridgehead atoms. The topological polar surface area (TPSA) is 53.4 Å². The first-order valence-corrected chi connectivity index (χ1v) is 4.96. The van der Waals surface area contributed by atoms with E-state index >= 15 is 0 Å². The summed E-state index contributed by atoms with van der Waals surface area (Å²) in [5, 5.41) is 19.3. The molecule has 1 aromatic heterocycles. The van der Waals surface area contributed by atoms with Gasteiger partial charge in [-0.1, -0.05) is 29.3 Å². The van der Waals surface area contributed by atoms with Crippen LogP contribution in [0.3, 0.4) is 0 Å². The number of aromatic nitrogens is 1. The third-order valence-electron chi connectivity index (χ3n) is 2.06. The predicted octanol–water partition coefficient (Wildman–Crippen LogP) is 1.22. The van der Waals surface area contributed by atoms with E-state index < -0.39 is 7.12 Å². The van der Waals surface area contributed by atoms with E-state index in [1.165, 1.54) is 6.07 Å². The fourth-order valence-electron chi connectivity index (χ4n) is 1.33. The second-order valence-electron chi connectivity index (χ2n) is 3.05. The Morgan fingerprint density at radius 3 is 2.60 bits per heavy atom. The van der Waals surface area contributed by atoms with Crippen molar-refractivity contribution in [2.45, 2.75) is 0 Å². The van der Waals surface area contributed by atoms with E-state index in [2.05, 4.69) is 4.98 Å². The molecule has 0 atom stereocenters. The van der Waals surface area contributed by atoms with Gasteiger partial charge in [0, 0.05) is 15.9 Å². The molecule has 2 rings (SSSR count). The minimum Gasteiger partial charge on any atom is -0.423 e. The first-order chi connectivity index (χ1) is 7.09. The molecule has 0 unspecified atom stereocenters. The van der Waals surface area contributed by atoms with Gasteiger partial charge in [0.15, 0.2) is 0 Å². The number of fused-ring (bicyclic) bond motifs is 1. The van der Waals surface area contributed by atoms with Gasteiger partial charge in [-0.05, 0) is 18.2 Å². The quantitative estimate of drug-likeness (QED) is 0.583. The normalized spacial score (nSPS) is 10.7. The van der Waals surface area contributed by atoms with Crippen LogP contribution in [0.5, 0.6) is 0 Å². The summed E-state index contributed by atoms with van der Waals surface area (Å²) in [6.45, 7) is 0. The highest BCUT2D eigenvalue weighted by Crippen LogP contribution is 2.22. The first kappa shape index (κ1) is 10.7. The van der Waals surface area contributed by atoms with Gasteiger partial charge in [-0.3, -0.25) is 0 Å². The van der Waals surface area contributed by atoms with Crippen LogP contribution >= 0.6 is 23.2 Å². The summed E-state index contributed by atoms with van der Waals surface area (Å²) in [7, 11) is -1.65. The highest BCUT2D eigenvalue weighted by atomic mass is 35.5. The summed E-state index contributed by atoms with van der Waals surface area (Å²) in [6, 6.07) is 6.73. The molecule has 0 radical (unpaired) electrons. The van der Waals surface area contributed by atoms with Crippen LogP contribution in [0.2, 0.25) is 10.2 Å². The summed E-state index contributed by atoms with van der Waals surface area (Å²) in [6.07, 6.45) is 0. The van der Waals surface area contributed by atoms with Gasteiger partial charge < -0.3 is 10.0 Å². The second-order valence-corrected chi connectivity index (χ2v) is 3.81. The van der Waals surface area contributed by atoms with Crippen molar-refractivity contribution in [2.24, 2.45) is 0 Å². The number of hydrogen-bond donors (Lipinski definition) is 2. The third-order valence-corrected chi connectivity index (χ3v) is 2.70. The molecule has 0 spiro atoms. The van der Waals surface area contributed by atoms with E-state index in [1.54, 1.807) is 18.2 Å². The lowest BCUT2D eigenvalue weighted by atomic mass is 9.81. The van der Waals surface area contributed by atoms with Crippen LogP contribution in [-0.2, 0) is 0 Å². The van der Waals surface area contributed by atoms with E-state index in [0.717, 1.165) is 0 Å². The molecule has 6 heteroatoms. The average Bonchev–Trinajstić information content (AvgIpc) is 2.16. The van der Waals surface area contributed by atoms with Gasteiger partial charge in [0.1, 0.15) is 5.15 Å². The Morgan fingerprint density at radius 1 is 1.20 bits per heavy atom. The Labute approximate surface area is 96.4 Å². The zero-order chi connectivity index (χ0) is 11.0. The van der Waals surface area contributed by atoms with Crippen molar-refractivity contribution in [3.05, 3.63) is 34.4 Å². The number of pyridine rings is 1. The molecule has 0 fully saturated rings. The maximum absolute atomic E-state index is 9.04.